The number of rotatable bonds is 5. The van der Waals surface area contributed by atoms with Gasteiger partial charge in [0.25, 0.3) is 0 Å². The highest BCUT2D eigenvalue weighted by Gasteiger charge is 2.18. The molecule has 0 aliphatic heterocycles. The first-order valence-electron chi connectivity index (χ1n) is 5.98. The highest BCUT2D eigenvalue weighted by atomic mass is 16.3. The topological polar surface area (TPSA) is 23.5 Å². The highest BCUT2D eigenvalue weighted by molar-refractivity contribution is 5.30. The number of phenols is 1. The molecule has 1 aromatic carbocycles. The molecule has 1 N–H and O–H groups in total. The maximum Gasteiger partial charge on any atom is 0.115 e. The Morgan fingerprint density at radius 2 is 2.00 bits per heavy atom. The Morgan fingerprint density at radius 1 is 1.31 bits per heavy atom. The van der Waals surface area contributed by atoms with Crippen molar-refractivity contribution >= 4 is 0 Å². The Kier molecular flexibility index (Phi) is 4.81. The van der Waals surface area contributed by atoms with Crippen LogP contribution in [0.5, 0.6) is 5.75 Å². The van der Waals surface area contributed by atoms with Gasteiger partial charge in [0.1, 0.15) is 5.75 Å². The van der Waals surface area contributed by atoms with Gasteiger partial charge >= 0.3 is 0 Å². The molecule has 1 rings (SSSR count). The maximum atomic E-state index is 9.51. The number of nitrogens with zero attached hydrogens (tertiary/aromatic N) is 1. The Labute approximate surface area is 98.9 Å². The van der Waals surface area contributed by atoms with Gasteiger partial charge in [-0.15, -0.1) is 0 Å². The maximum absolute atomic E-state index is 9.51. The van der Waals surface area contributed by atoms with Crippen LogP contribution in [0.1, 0.15) is 31.7 Å². The molecule has 2 nitrogen and oxygen atoms in total. The van der Waals surface area contributed by atoms with E-state index in [1.807, 2.05) is 12.1 Å². The van der Waals surface area contributed by atoms with Crippen molar-refractivity contribution in [2.45, 2.75) is 26.2 Å². The molecule has 2 atom stereocenters. The molecule has 0 radical (unpaired) electrons. The van der Waals surface area contributed by atoms with Crippen LogP contribution < -0.4 is 0 Å². The van der Waals surface area contributed by atoms with E-state index in [1.54, 1.807) is 6.07 Å². The second-order valence-corrected chi connectivity index (χ2v) is 4.85. The summed E-state index contributed by atoms with van der Waals surface area (Å²) >= 11 is 0. The summed E-state index contributed by atoms with van der Waals surface area (Å²) in [6.45, 7) is 5.56. The van der Waals surface area contributed by atoms with Gasteiger partial charge in [-0.05, 0) is 50.0 Å². The lowest BCUT2D eigenvalue weighted by molar-refractivity contribution is 0.301. The van der Waals surface area contributed by atoms with E-state index in [9.17, 15) is 5.11 Å². The summed E-state index contributed by atoms with van der Waals surface area (Å²) in [6, 6.07) is 7.66. The van der Waals surface area contributed by atoms with Crippen LogP contribution in [0.3, 0.4) is 0 Å². The van der Waals surface area contributed by atoms with Gasteiger partial charge in [-0.1, -0.05) is 26.0 Å². The predicted octanol–water partition coefficient (Wildman–Crippen LogP) is 3.08. The van der Waals surface area contributed by atoms with E-state index in [2.05, 4.69) is 38.9 Å². The van der Waals surface area contributed by atoms with Crippen molar-refractivity contribution in [3.63, 3.8) is 0 Å². The predicted molar refractivity (Wildman–Crippen MR) is 68.9 cm³/mol. The smallest absolute Gasteiger partial charge is 0.115 e. The van der Waals surface area contributed by atoms with Gasteiger partial charge in [0.05, 0.1) is 0 Å². The summed E-state index contributed by atoms with van der Waals surface area (Å²) in [6.07, 6.45) is 1.11. The van der Waals surface area contributed by atoms with Gasteiger partial charge in [-0.3, -0.25) is 0 Å². The fraction of sp³-hybridized carbons (Fsp3) is 0.571. The molecule has 16 heavy (non-hydrogen) atoms. The molecule has 0 bridgehead atoms. The fourth-order valence-electron chi connectivity index (χ4n) is 2.43. The number of phenolic OH excluding ortho intramolecular Hbond substituents is 1. The summed E-state index contributed by atoms with van der Waals surface area (Å²) in [5.74, 6) is 1.49. The first kappa shape index (κ1) is 13.0. The largest absolute Gasteiger partial charge is 0.508 e. The van der Waals surface area contributed by atoms with Gasteiger partial charge in [0.15, 0.2) is 0 Å². The molecule has 0 aromatic heterocycles. The molecule has 90 valence electrons. The molecular formula is C14H23NO. The normalized spacial score (nSPS) is 15.1. The molecule has 1 aromatic rings. The highest BCUT2D eigenvalue weighted by Crippen LogP contribution is 2.30. The van der Waals surface area contributed by atoms with E-state index in [1.165, 1.54) is 5.56 Å². The molecule has 0 heterocycles. The van der Waals surface area contributed by atoms with Crippen molar-refractivity contribution in [1.29, 1.82) is 0 Å². The number of hydrogen-bond acceptors (Lipinski definition) is 2. The Hall–Kier alpha value is -1.02. The quantitative estimate of drug-likeness (QED) is 0.826. The molecule has 0 saturated carbocycles. The third-order valence-corrected chi connectivity index (χ3v) is 3.08. The van der Waals surface area contributed by atoms with Gasteiger partial charge in [-0.25, -0.2) is 0 Å². The van der Waals surface area contributed by atoms with Crippen molar-refractivity contribution in [2.75, 3.05) is 20.6 Å². The Morgan fingerprint density at radius 3 is 2.50 bits per heavy atom. The molecule has 0 saturated heterocycles. The summed E-state index contributed by atoms with van der Waals surface area (Å²) < 4.78 is 0. The second kappa shape index (κ2) is 5.90. The Bertz CT molecular complexity index is 322. The van der Waals surface area contributed by atoms with E-state index in [-0.39, 0.29) is 0 Å². The van der Waals surface area contributed by atoms with Crippen LogP contribution in [0.2, 0.25) is 0 Å². The summed E-state index contributed by atoms with van der Waals surface area (Å²) in [4.78, 5) is 2.22. The van der Waals surface area contributed by atoms with Gasteiger partial charge < -0.3 is 10.0 Å². The van der Waals surface area contributed by atoms with Crippen molar-refractivity contribution in [3.8, 4) is 5.75 Å². The minimum absolute atomic E-state index is 0.369. The van der Waals surface area contributed by atoms with E-state index >= 15 is 0 Å². The third-order valence-electron chi connectivity index (χ3n) is 3.08. The first-order chi connectivity index (χ1) is 7.54. The lowest BCUT2D eigenvalue weighted by Gasteiger charge is -2.26. The summed E-state index contributed by atoms with van der Waals surface area (Å²) in [5, 5.41) is 9.51. The zero-order chi connectivity index (χ0) is 12.1. The molecule has 0 spiro atoms. The van der Waals surface area contributed by atoms with E-state index in [0.29, 0.717) is 17.6 Å². The minimum Gasteiger partial charge on any atom is -0.508 e. The van der Waals surface area contributed by atoms with Gasteiger partial charge in [0, 0.05) is 6.54 Å². The third kappa shape index (κ3) is 3.53. The van der Waals surface area contributed by atoms with Crippen LogP contribution in [0, 0.1) is 5.92 Å². The first-order valence-corrected chi connectivity index (χ1v) is 5.98. The van der Waals surface area contributed by atoms with Crippen LogP contribution in [0.25, 0.3) is 0 Å². The molecule has 0 fully saturated rings. The van der Waals surface area contributed by atoms with E-state index < -0.39 is 0 Å². The second-order valence-electron chi connectivity index (χ2n) is 4.85. The average Bonchev–Trinajstić information content (AvgIpc) is 2.17. The summed E-state index contributed by atoms with van der Waals surface area (Å²) in [5.41, 5.74) is 1.25. The monoisotopic (exact) mass is 221 g/mol. The molecule has 0 aliphatic carbocycles. The van der Waals surface area contributed by atoms with Crippen molar-refractivity contribution in [3.05, 3.63) is 29.8 Å². The summed E-state index contributed by atoms with van der Waals surface area (Å²) in [7, 11) is 4.21. The van der Waals surface area contributed by atoms with Gasteiger partial charge in [-0.2, -0.15) is 0 Å². The molecule has 0 aliphatic rings. The molecule has 1 unspecified atom stereocenters. The number of hydrogen-bond donors (Lipinski definition) is 1. The van der Waals surface area contributed by atoms with Crippen LogP contribution in [-0.4, -0.2) is 30.6 Å². The standard InChI is InChI=1S/C14H23NO/c1-5-14(11(2)10-15(3)4)12-7-6-8-13(16)9-12/h6-9,11,14,16H,5,10H2,1-4H3/t11?,14-/m1/s1. The van der Waals surface area contributed by atoms with Crippen molar-refractivity contribution in [2.24, 2.45) is 5.92 Å². The van der Waals surface area contributed by atoms with E-state index in [4.69, 9.17) is 0 Å². The number of benzene rings is 1. The van der Waals surface area contributed by atoms with E-state index in [0.717, 1.165) is 13.0 Å². The zero-order valence-corrected chi connectivity index (χ0v) is 10.8. The average molecular weight is 221 g/mol. The SMILES string of the molecule is CC[C@@H](c1cccc(O)c1)C(C)CN(C)C. The van der Waals surface area contributed by atoms with Crippen LogP contribution >= 0.6 is 0 Å². The lowest BCUT2D eigenvalue weighted by Crippen LogP contribution is -2.24. The minimum atomic E-state index is 0.369. The van der Waals surface area contributed by atoms with Crippen molar-refractivity contribution < 1.29 is 5.11 Å². The van der Waals surface area contributed by atoms with Crippen molar-refractivity contribution in [1.82, 2.24) is 4.90 Å². The lowest BCUT2D eigenvalue weighted by atomic mass is 9.85. The van der Waals surface area contributed by atoms with Gasteiger partial charge in [0.2, 0.25) is 0 Å². The Balaban J connectivity index is 2.81. The molecular weight excluding hydrogens is 198 g/mol. The number of aromatic hydroxyl groups is 1. The van der Waals surface area contributed by atoms with Crippen LogP contribution in [0.4, 0.5) is 0 Å². The van der Waals surface area contributed by atoms with Crippen LogP contribution in [0.15, 0.2) is 24.3 Å². The zero-order valence-electron chi connectivity index (χ0n) is 10.8. The van der Waals surface area contributed by atoms with Crippen LogP contribution in [-0.2, 0) is 0 Å². The molecule has 2 heteroatoms. The fourth-order valence-corrected chi connectivity index (χ4v) is 2.43. The molecule has 0 amide bonds.